The van der Waals surface area contributed by atoms with Crippen LogP contribution in [-0.2, 0) is 4.74 Å². The van der Waals surface area contributed by atoms with Gasteiger partial charge in [-0.1, -0.05) is 0 Å². The molecule has 3 rings (SSSR count). The summed E-state index contributed by atoms with van der Waals surface area (Å²) in [7, 11) is 0. The summed E-state index contributed by atoms with van der Waals surface area (Å²) in [5, 5.41) is 17.1. The molecule has 1 aliphatic carbocycles. The average molecular weight is 338 g/mol. The van der Waals surface area contributed by atoms with Crippen molar-refractivity contribution in [2.75, 3.05) is 45.9 Å². The first kappa shape index (κ1) is 18.0. The molecule has 1 saturated carbocycles. The molecule has 1 atom stereocenters. The Labute approximate surface area is 146 Å². The summed E-state index contributed by atoms with van der Waals surface area (Å²) < 4.78 is 5.48. The van der Waals surface area contributed by atoms with E-state index in [1.807, 2.05) is 0 Å². The molecule has 2 aliphatic heterocycles. The fourth-order valence-electron chi connectivity index (χ4n) is 3.83. The van der Waals surface area contributed by atoms with Crippen LogP contribution in [0.5, 0.6) is 0 Å². The fourth-order valence-corrected chi connectivity index (χ4v) is 3.83. The summed E-state index contributed by atoms with van der Waals surface area (Å²) in [6.07, 6.45) is 6.43. The molecule has 6 heteroatoms. The predicted molar refractivity (Wildman–Crippen MR) is 96.3 cm³/mol. The Morgan fingerprint density at radius 2 is 2.08 bits per heavy atom. The van der Waals surface area contributed by atoms with Gasteiger partial charge in [-0.15, -0.1) is 0 Å². The van der Waals surface area contributed by atoms with Crippen LogP contribution in [0.1, 0.15) is 45.4 Å². The van der Waals surface area contributed by atoms with Crippen molar-refractivity contribution in [2.24, 2.45) is 10.9 Å². The summed E-state index contributed by atoms with van der Waals surface area (Å²) in [4.78, 5) is 7.20. The minimum Gasteiger partial charge on any atom is -0.388 e. The van der Waals surface area contributed by atoms with E-state index in [4.69, 9.17) is 4.74 Å². The Kier molecular flexibility index (Phi) is 6.36. The normalized spacial score (nSPS) is 28.6. The Hall–Kier alpha value is -0.850. The molecule has 0 aromatic heterocycles. The zero-order valence-electron chi connectivity index (χ0n) is 15.1. The highest BCUT2D eigenvalue weighted by molar-refractivity contribution is 5.80. The van der Waals surface area contributed by atoms with Crippen molar-refractivity contribution in [3.63, 3.8) is 0 Å². The molecule has 0 amide bonds. The minimum atomic E-state index is -0.547. The number of hydrogen-bond acceptors (Lipinski definition) is 4. The topological polar surface area (TPSA) is 69.1 Å². The van der Waals surface area contributed by atoms with E-state index < -0.39 is 5.60 Å². The van der Waals surface area contributed by atoms with Crippen LogP contribution in [0.15, 0.2) is 4.99 Å². The predicted octanol–water partition coefficient (Wildman–Crippen LogP) is 0.957. The molecule has 0 aromatic rings. The number of rotatable bonds is 6. The van der Waals surface area contributed by atoms with Crippen molar-refractivity contribution >= 4 is 5.96 Å². The molecule has 2 heterocycles. The van der Waals surface area contributed by atoms with Crippen molar-refractivity contribution in [3.05, 3.63) is 0 Å². The van der Waals surface area contributed by atoms with Gasteiger partial charge in [0.25, 0.3) is 0 Å². The van der Waals surface area contributed by atoms with E-state index >= 15 is 0 Å². The Morgan fingerprint density at radius 3 is 2.67 bits per heavy atom. The number of aliphatic imine (C=N–C) groups is 1. The number of hydrogen-bond donors (Lipinski definition) is 3. The highest BCUT2D eigenvalue weighted by Gasteiger charge is 2.34. The van der Waals surface area contributed by atoms with Crippen LogP contribution >= 0.6 is 0 Å². The number of ether oxygens (including phenoxy) is 1. The Morgan fingerprint density at radius 1 is 1.29 bits per heavy atom. The molecule has 6 nitrogen and oxygen atoms in total. The van der Waals surface area contributed by atoms with Crippen LogP contribution in [0.25, 0.3) is 0 Å². The fraction of sp³-hybridized carbons (Fsp3) is 0.944. The second-order valence-corrected chi connectivity index (χ2v) is 7.72. The van der Waals surface area contributed by atoms with Crippen LogP contribution < -0.4 is 10.6 Å². The van der Waals surface area contributed by atoms with Gasteiger partial charge in [0, 0.05) is 38.8 Å². The van der Waals surface area contributed by atoms with Crippen LogP contribution in [-0.4, -0.2) is 73.5 Å². The molecule has 3 N–H and O–H groups in total. The second kappa shape index (κ2) is 8.50. The number of piperidine rings is 1. The second-order valence-electron chi connectivity index (χ2n) is 7.72. The lowest BCUT2D eigenvalue weighted by molar-refractivity contribution is -0.0236. The SMILES string of the molecule is CCNC(=NCC1(O)CCC1)NC1CCN(CC2CCOC2)CC1. The molecule has 0 spiro atoms. The summed E-state index contributed by atoms with van der Waals surface area (Å²) in [5.74, 6) is 1.59. The van der Waals surface area contributed by atoms with E-state index in [1.54, 1.807) is 0 Å². The van der Waals surface area contributed by atoms with Gasteiger partial charge in [0.05, 0.1) is 18.8 Å². The molecule has 0 radical (unpaired) electrons. The van der Waals surface area contributed by atoms with Gasteiger partial charge in [0.2, 0.25) is 0 Å². The molecule has 3 aliphatic rings. The molecule has 0 aromatic carbocycles. The average Bonchev–Trinajstić information content (AvgIpc) is 3.06. The first-order valence-corrected chi connectivity index (χ1v) is 9.74. The quantitative estimate of drug-likeness (QED) is 0.497. The summed E-state index contributed by atoms with van der Waals surface area (Å²) >= 11 is 0. The van der Waals surface area contributed by atoms with Gasteiger partial charge in [-0.25, -0.2) is 0 Å². The first-order valence-electron chi connectivity index (χ1n) is 9.74. The van der Waals surface area contributed by atoms with E-state index in [0.717, 1.165) is 76.8 Å². The van der Waals surface area contributed by atoms with E-state index in [0.29, 0.717) is 12.6 Å². The maximum absolute atomic E-state index is 10.2. The highest BCUT2D eigenvalue weighted by atomic mass is 16.5. The zero-order chi connectivity index (χ0) is 16.8. The van der Waals surface area contributed by atoms with Crippen LogP contribution in [0, 0.1) is 5.92 Å². The summed E-state index contributed by atoms with van der Waals surface area (Å²) in [5.41, 5.74) is -0.547. The standard InChI is InChI=1S/C18H34N4O2/c1-2-19-17(20-14-18(23)7-3-8-18)21-16-4-9-22(10-5-16)12-15-6-11-24-13-15/h15-16,23H,2-14H2,1H3,(H2,19,20,21). The number of guanidine groups is 1. The molecule has 24 heavy (non-hydrogen) atoms. The summed E-state index contributed by atoms with van der Waals surface area (Å²) in [6, 6.07) is 0.481. The van der Waals surface area contributed by atoms with Gasteiger partial charge in [-0.2, -0.15) is 0 Å². The summed E-state index contributed by atoms with van der Waals surface area (Å²) in [6.45, 7) is 8.83. The maximum Gasteiger partial charge on any atom is 0.191 e. The van der Waals surface area contributed by atoms with E-state index in [-0.39, 0.29) is 0 Å². The smallest absolute Gasteiger partial charge is 0.191 e. The van der Waals surface area contributed by atoms with Crippen molar-refractivity contribution in [2.45, 2.75) is 57.1 Å². The number of aliphatic hydroxyl groups is 1. The van der Waals surface area contributed by atoms with Gasteiger partial charge in [0.15, 0.2) is 5.96 Å². The Bertz CT molecular complexity index is 411. The van der Waals surface area contributed by atoms with Crippen LogP contribution in [0.4, 0.5) is 0 Å². The third kappa shape index (κ3) is 5.07. The Balaban J connectivity index is 1.41. The third-order valence-electron chi connectivity index (χ3n) is 5.63. The molecule has 0 bridgehead atoms. The van der Waals surface area contributed by atoms with Gasteiger partial charge in [0.1, 0.15) is 0 Å². The lowest BCUT2D eigenvalue weighted by Crippen LogP contribution is -2.50. The third-order valence-corrected chi connectivity index (χ3v) is 5.63. The van der Waals surface area contributed by atoms with Crippen LogP contribution in [0.2, 0.25) is 0 Å². The number of likely N-dealkylation sites (tertiary alicyclic amines) is 1. The van der Waals surface area contributed by atoms with E-state index in [2.05, 4.69) is 27.4 Å². The minimum absolute atomic E-state index is 0.481. The lowest BCUT2D eigenvalue weighted by Gasteiger charge is -2.36. The molecular weight excluding hydrogens is 304 g/mol. The maximum atomic E-state index is 10.2. The van der Waals surface area contributed by atoms with Crippen molar-refractivity contribution < 1.29 is 9.84 Å². The molecule has 2 saturated heterocycles. The van der Waals surface area contributed by atoms with Gasteiger partial charge < -0.3 is 25.4 Å². The molecular formula is C18H34N4O2. The van der Waals surface area contributed by atoms with Crippen molar-refractivity contribution in [1.29, 1.82) is 0 Å². The van der Waals surface area contributed by atoms with Crippen molar-refractivity contribution in [3.8, 4) is 0 Å². The van der Waals surface area contributed by atoms with Crippen molar-refractivity contribution in [1.82, 2.24) is 15.5 Å². The monoisotopic (exact) mass is 338 g/mol. The first-order chi connectivity index (χ1) is 11.7. The lowest BCUT2D eigenvalue weighted by atomic mass is 9.80. The largest absolute Gasteiger partial charge is 0.388 e. The van der Waals surface area contributed by atoms with Gasteiger partial charge >= 0.3 is 0 Å². The van der Waals surface area contributed by atoms with Crippen LogP contribution in [0.3, 0.4) is 0 Å². The zero-order valence-corrected chi connectivity index (χ0v) is 15.1. The van der Waals surface area contributed by atoms with E-state index in [1.165, 1.54) is 13.0 Å². The molecule has 138 valence electrons. The van der Waals surface area contributed by atoms with Gasteiger partial charge in [-0.05, 0) is 51.4 Å². The molecule has 3 fully saturated rings. The van der Waals surface area contributed by atoms with E-state index in [9.17, 15) is 5.11 Å². The number of nitrogens with one attached hydrogen (secondary N) is 2. The number of nitrogens with zero attached hydrogens (tertiary/aromatic N) is 2. The molecule has 1 unspecified atom stereocenters. The highest BCUT2D eigenvalue weighted by Crippen LogP contribution is 2.31. The van der Waals surface area contributed by atoms with Gasteiger partial charge in [-0.3, -0.25) is 4.99 Å².